The lowest BCUT2D eigenvalue weighted by Gasteiger charge is -2.09. The van der Waals surface area contributed by atoms with Crippen LogP contribution in [0.25, 0.3) is 0 Å². The average Bonchev–Trinajstić information content (AvgIpc) is 1.86. The Bertz CT molecular complexity index is 141. The summed E-state index contributed by atoms with van der Waals surface area (Å²) in [5.41, 5.74) is 0. The number of hydrogen-bond acceptors (Lipinski definition) is 1. The van der Waals surface area contributed by atoms with Crippen molar-refractivity contribution < 1.29 is 4.52 Å². The maximum absolute atomic E-state index is 5.38. The molecule has 0 fully saturated rings. The summed E-state index contributed by atoms with van der Waals surface area (Å²) in [5, 5.41) is 0. The minimum atomic E-state index is -1.38. The molecule has 0 aromatic rings. The molecule has 0 saturated carbocycles. The molecule has 0 amide bonds. The van der Waals surface area contributed by atoms with Gasteiger partial charge in [-0.3, -0.25) is 0 Å². The van der Waals surface area contributed by atoms with Gasteiger partial charge in [0.05, 0.1) is 6.10 Å². The molecule has 0 saturated heterocycles. The van der Waals surface area contributed by atoms with Crippen molar-refractivity contribution in [1.29, 1.82) is 0 Å². The third kappa shape index (κ3) is 5.09. The van der Waals surface area contributed by atoms with Gasteiger partial charge in [0, 0.05) is 6.42 Å². The fourth-order valence-corrected chi connectivity index (χ4v) is 1.36. The van der Waals surface area contributed by atoms with Crippen molar-refractivity contribution in [1.82, 2.24) is 0 Å². The van der Waals surface area contributed by atoms with Gasteiger partial charge in [-0.1, -0.05) is 6.08 Å². The first-order valence-corrected chi connectivity index (χ1v) is 5.62. The van der Waals surface area contributed by atoms with Gasteiger partial charge in [-0.15, -0.1) is 18.9 Å². The molecule has 0 bridgehead atoms. The molecule has 0 rings (SSSR count). The maximum Gasteiger partial charge on any atom is 0.226 e. The Kier molecular flexibility index (Phi) is 6.17. The molecule has 1 unspecified atom stereocenters. The van der Waals surface area contributed by atoms with Crippen LogP contribution in [0.4, 0.5) is 0 Å². The van der Waals surface area contributed by atoms with Crippen LogP contribution in [0.15, 0.2) is 12.7 Å². The van der Waals surface area contributed by atoms with E-state index in [-0.39, 0.29) is 6.10 Å². The Morgan fingerprint density at radius 1 is 1.80 bits per heavy atom. The minimum absolute atomic E-state index is 0.217. The van der Waals surface area contributed by atoms with E-state index >= 15 is 0 Å². The topological polar surface area (TPSA) is 9.23 Å². The van der Waals surface area contributed by atoms with Crippen LogP contribution in [0.1, 0.15) is 6.42 Å². The molecule has 1 nitrogen and oxygen atoms in total. The molecule has 0 heterocycles. The van der Waals surface area contributed by atoms with Crippen molar-refractivity contribution in [3.63, 3.8) is 0 Å². The van der Waals surface area contributed by atoms with Gasteiger partial charge in [0.15, 0.2) is 0 Å². The highest BCUT2D eigenvalue weighted by atomic mass is 35.9. The van der Waals surface area contributed by atoms with Crippen LogP contribution in [0.2, 0.25) is 0 Å². The van der Waals surface area contributed by atoms with E-state index in [1.165, 1.54) is 0 Å². The summed E-state index contributed by atoms with van der Waals surface area (Å²) in [6, 6.07) is 0. The van der Waals surface area contributed by atoms with E-state index in [4.69, 9.17) is 33.4 Å². The molecule has 10 heavy (non-hydrogen) atoms. The summed E-state index contributed by atoms with van der Waals surface area (Å²) in [7, 11) is 0. The lowest BCUT2D eigenvalue weighted by Crippen LogP contribution is -2.01. The molecule has 0 aromatic carbocycles. The van der Waals surface area contributed by atoms with Gasteiger partial charge < -0.3 is 4.52 Å². The van der Waals surface area contributed by atoms with E-state index in [1.54, 1.807) is 6.08 Å². The largest absolute Gasteiger partial charge is 0.323 e. The molecule has 0 aromatic heterocycles. The van der Waals surface area contributed by atoms with Gasteiger partial charge >= 0.3 is 0 Å². The molecule has 0 N–H and O–H groups in total. The van der Waals surface area contributed by atoms with E-state index in [0.29, 0.717) is 6.42 Å². The van der Waals surface area contributed by atoms with Gasteiger partial charge in [-0.25, -0.2) is 0 Å². The first-order valence-electron chi connectivity index (χ1n) is 2.55. The second-order valence-electron chi connectivity index (χ2n) is 1.49. The van der Waals surface area contributed by atoms with Crippen LogP contribution < -0.4 is 0 Å². The van der Waals surface area contributed by atoms with Crippen LogP contribution in [0.5, 0.6) is 0 Å². The van der Waals surface area contributed by atoms with E-state index in [1.807, 2.05) is 0 Å². The van der Waals surface area contributed by atoms with E-state index in [0.717, 1.165) is 0 Å². The smallest absolute Gasteiger partial charge is 0.226 e. The van der Waals surface area contributed by atoms with Crippen molar-refractivity contribution in [2.45, 2.75) is 12.5 Å². The normalized spacial score (nSPS) is 12.6. The molecule has 0 aliphatic rings. The van der Waals surface area contributed by atoms with Crippen molar-refractivity contribution >= 4 is 29.3 Å². The maximum atomic E-state index is 5.38. The Labute approximate surface area is 71.8 Å². The first-order chi connectivity index (χ1) is 4.70. The van der Waals surface area contributed by atoms with E-state index in [9.17, 15) is 0 Å². The fourth-order valence-electron chi connectivity index (χ4n) is 0.382. The van der Waals surface area contributed by atoms with Crippen molar-refractivity contribution in [3.05, 3.63) is 12.7 Å². The van der Waals surface area contributed by atoms with Crippen molar-refractivity contribution in [3.8, 4) is 12.3 Å². The second-order valence-corrected chi connectivity index (χ2v) is 4.47. The number of hydrogen-bond donors (Lipinski definition) is 0. The van der Waals surface area contributed by atoms with Crippen LogP contribution in [-0.4, -0.2) is 6.10 Å². The zero-order valence-corrected chi connectivity index (χ0v) is 7.66. The third-order valence-electron chi connectivity index (χ3n) is 0.797. The second kappa shape index (κ2) is 6.01. The van der Waals surface area contributed by atoms with Gasteiger partial charge in [0.2, 0.25) is 6.85 Å². The van der Waals surface area contributed by atoms with E-state index < -0.39 is 6.85 Å². The summed E-state index contributed by atoms with van der Waals surface area (Å²) in [6.45, 7) is 2.13. The number of terminal acetylenes is 1. The summed E-state index contributed by atoms with van der Waals surface area (Å²) in [5.74, 6) is 2.42. The average molecular weight is 197 g/mol. The van der Waals surface area contributed by atoms with Crippen LogP contribution in [0, 0.1) is 12.3 Å². The number of halogens is 2. The number of rotatable bonds is 4. The molecular weight excluding hydrogens is 190 g/mol. The van der Waals surface area contributed by atoms with Crippen LogP contribution in [0.3, 0.4) is 0 Å². The lowest BCUT2D eigenvalue weighted by atomic mass is 10.3. The highest BCUT2D eigenvalue weighted by Crippen LogP contribution is 2.49. The van der Waals surface area contributed by atoms with Crippen LogP contribution in [-0.2, 0) is 4.52 Å². The third-order valence-corrected chi connectivity index (χ3v) is 1.71. The highest BCUT2D eigenvalue weighted by Gasteiger charge is 2.07. The van der Waals surface area contributed by atoms with Gasteiger partial charge in [0.1, 0.15) is 0 Å². The Morgan fingerprint density at radius 3 is 2.70 bits per heavy atom. The highest BCUT2D eigenvalue weighted by molar-refractivity contribution is 8.00. The molecule has 4 heteroatoms. The summed E-state index contributed by atoms with van der Waals surface area (Å²) in [6.07, 6.45) is 6.85. The quantitative estimate of drug-likeness (QED) is 0.381. The lowest BCUT2D eigenvalue weighted by molar-refractivity contribution is 0.297. The minimum Gasteiger partial charge on any atom is -0.323 e. The fraction of sp³-hybridized carbons (Fsp3) is 0.333. The predicted octanol–water partition coefficient (Wildman–Crippen LogP) is 3.29. The molecule has 1 atom stereocenters. The molecule has 0 spiro atoms. The molecule has 0 radical (unpaired) electrons. The Morgan fingerprint density at radius 2 is 2.40 bits per heavy atom. The summed E-state index contributed by atoms with van der Waals surface area (Å²) < 4.78 is 4.97. The van der Waals surface area contributed by atoms with Gasteiger partial charge in [-0.05, 0) is 22.5 Å². The Hall–Kier alpha value is 0.270. The molecule has 56 valence electrons. The Balaban J connectivity index is 3.62. The zero-order chi connectivity index (χ0) is 7.98. The van der Waals surface area contributed by atoms with E-state index in [2.05, 4.69) is 12.5 Å². The summed E-state index contributed by atoms with van der Waals surface area (Å²) in [4.78, 5) is 0. The standard InChI is InChI=1S/C6H7Cl2OP/c1-3-5-6(4-2)9-10(7)8/h1,4,6H,2,5H2. The van der Waals surface area contributed by atoms with Crippen molar-refractivity contribution in [2.24, 2.45) is 0 Å². The zero-order valence-electron chi connectivity index (χ0n) is 5.26. The SMILES string of the molecule is C#CCC(C=C)OP(Cl)Cl. The molecule has 0 aliphatic carbocycles. The summed E-state index contributed by atoms with van der Waals surface area (Å²) >= 11 is 10.8. The van der Waals surface area contributed by atoms with Crippen LogP contribution >= 0.6 is 29.3 Å². The first kappa shape index (κ1) is 10.3. The monoisotopic (exact) mass is 196 g/mol. The molecule has 0 aliphatic heterocycles. The van der Waals surface area contributed by atoms with Crippen molar-refractivity contribution in [2.75, 3.05) is 0 Å². The predicted molar refractivity (Wildman–Crippen MR) is 47.1 cm³/mol. The molecular formula is C6H7Cl2OP. The van der Waals surface area contributed by atoms with Gasteiger partial charge in [-0.2, -0.15) is 0 Å². The van der Waals surface area contributed by atoms with Gasteiger partial charge in [0.25, 0.3) is 0 Å².